The van der Waals surface area contributed by atoms with Crippen LogP contribution in [0.4, 0.5) is 30.8 Å². The van der Waals surface area contributed by atoms with Crippen molar-refractivity contribution < 1.29 is 37.3 Å². The van der Waals surface area contributed by atoms with Crippen molar-refractivity contribution in [1.29, 1.82) is 0 Å². The highest BCUT2D eigenvalue weighted by molar-refractivity contribution is 14.1. The fraction of sp³-hybridized carbons (Fsp3) is 0.368. The van der Waals surface area contributed by atoms with E-state index in [-0.39, 0.29) is 19.3 Å². The SMILES string of the molecule is Cn1c(N(C(=O)O)c2ccc(I)cc2F)c(NS(=O)(=O)C2(CC(O)CO)CC2)cc(F)c1=O. The van der Waals surface area contributed by atoms with Crippen molar-refractivity contribution >= 4 is 55.9 Å². The number of benzene rings is 1. The van der Waals surface area contributed by atoms with Crippen LogP contribution in [0.15, 0.2) is 29.1 Å². The molecule has 0 bridgehead atoms. The maximum Gasteiger partial charge on any atom is 0.417 e. The molecule has 2 aromatic rings. The van der Waals surface area contributed by atoms with Gasteiger partial charge in [-0.1, -0.05) is 0 Å². The first-order chi connectivity index (χ1) is 15.3. The molecule has 4 N–H and O–H groups in total. The Morgan fingerprint density at radius 2 is 1.94 bits per heavy atom. The number of aromatic nitrogens is 1. The molecule has 1 aliphatic carbocycles. The topological polar surface area (TPSA) is 149 Å². The molecule has 1 aliphatic rings. The average molecular weight is 599 g/mol. The van der Waals surface area contributed by atoms with Gasteiger partial charge in [-0.2, -0.15) is 0 Å². The molecule has 0 aliphatic heterocycles. The number of carbonyl (C=O) groups is 1. The Bertz CT molecular complexity index is 1260. The summed E-state index contributed by atoms with van der Waals surface area (Å²) >= 11 is 1.81. The van der Waals surface area contributed by atoms with Crippen LogP contribution in [-0.2, 0) is 17.1 Å². The summed E-state index contributed by atoms with van der Waals surface area (Å²) in [5, 5.41) is 28.6. The highest BCUT2D eigenvalue weighted by atomic mass is 127. The largest absolute Gasteiger partial charge is 0.464 e. The van der Waals surface area contributed by atoms with Gasteiger partial charge in [0.1, 0.15) is 5.82 Å². The zero-order valence-corrected chi connectivity index (χ0v) is 20.1. The van der Waals surface area contributed by atoms with Crippen molar-refractivity contribution in [1.82, 2.24) is 4.57 Å². The third kappa shape index (κ3) is 4.83. The number of hydrogen-bond donors (Lipinski definition) is 4. The molecular weight excluding hydrogens is 579 g/mol. The molecular formula is C19H20F2IN3O7S. The number of halogens is 3. The van der Waals surface area contributed by atoms with Crippen LogP contribution in [0.2, 0.25) is 0 Å². The lowest BCUT2D eigenvalue weighted by Crippen LogP contribution is -2.37. The number of sulfonamides is 1. The second kappa shape index (κ2) is 9.15. The Hall–Kier alpha value is -2.30. The molecule has 1 aromatic carbocycles. The van der Waals surface area contributed by atoms with E-state index in [4.69, 9.17) is 5.11 Å². The van der Waals surface area contributed by atoms with Gasteiger partial charge in [-0.15, -0.1) is 0 Å². The molecule has 3 rings (SSSR count). The van der Waals surface area contributed by atoms with E-state index in [1.807, 2.05) is 0 Å². The van der Waals surface area contributed by atoms with Crippen LogP contribution in [0.5, 0.6) is 0 Å². The third-order valence-corrected chi connectivity index (χ3v) is 8.21. The van der Waals surface area contributed by atoms with Gasteiger partial charge in [0.25, 0.3) is 5.56 Å². The van der Waals surface area contributed by atoms with Crippen molar-refractivity contribution in [3.05, 3.63) is 49.8 Å². The monoisotopic (exact) mass is 599 g/mol. The smallest absolute Gasteiger partial charge is 0.417 e. The number of aliphatic hydroxyl groups excluding tert-OH is 2. The molecule has 1 amide bonds. The summed E-state index contributed by atoms with van der Waals surface area (Å²) in [6, 6.07) is 4.08. The maximum atomic E-state index is 14.6. The van der Waals surface area contributed by atoms with E-state index in [2.05, 4.69) is 4.72 Å². The van der Waals surface area contributed by atoms with Gasteiger partial charge in [0.05, 0.1) is 28.8 Å². The minimum absolute atomic E-state index is 0.136. The van der Waals surface area contributed by atoms with Gasteiger partial charge in [0.15, 0.2) is 11.6 Å². The van der Waals surface area contributed by atoms with E-state index in [1.54, 1.807) is 22.6 Å². The molecule has 14 heteroatoms. The number of carboxylic acid groups (broad SMARTS) is 1. The lowest BCUT2D eigenvalue weighted by atomic mass is 10.2. The van der Waals surface area contributed by atoms with Gasteiger partial charge in [0, 0.05) is 16.7 Å². The molecule has 1 saturated carbocycles. The molecule has 0 radical (unpaired) electrons. The lowest BCUT2D eigenvalue weighted by Gasteiger charge is -2.27. The number of nitrogens with one attached hydrogen (secondary N) is 1. The van der Waals surface area contributed by atoms with Crippen molar-refractivity contribution in [2.45, 2.75) is 30.1 Å². The molecule has 1 fully saturated rings. The normalized spacial score (nSPS) is 15.7. The molecule has 33 heavy (non-hydrogen) atoms. The Morgan fingerprint density at radius 3 is 2.45 bits per heavy atom. The fourth-order valence-electron chi connectivity index (χ4n) is 3.47. The van der Waals surface area contributed by atoms with Crippen molar-refractivity contribution in [2.75, 3.05) is 16.2 Å². The van der Waals surface area contributed by atoms with Gasteiger partial charge in [-0.3, -0.25) is 14.1 Å². The molecule has 10 nitrogen and oxygen atoms in total. The first-order valence-corrected chi connectivity index (χ1v) is 12.1. The zero-order valence-electron chi connectivity index (χ0n) is 17.1. The highest BCUT2D eigenvalue weighted by Crippen LogP contribution is 2.48. The quantitative estimate of drug-likeness (QED) is 0.340. The van der Waals surface area contributed by atoms with Crippen molar-refractivity contribution in [3.8, 4) is 0 Å². The van der Waals surface area contributed by atoms with E-state index >= 15 is 0 Å². The second-order valence-corrected chi connectivity index (χ2v) is 11.0. The summed E-state index contributed by atoms with van der Waals surface area (Å²) in [4.78, 5) is 24.7. The predicted octanol–water partition coefficient (Wildman–Crippen LogP) is 2.10. The molecule has 0 spiro atoms. The number of nitrogens with zero attached hydrogens (tertiary/aromatic N) is 2. The molecule has 0 saturated heterocycles. The summed E-state index contributed by atoms with van der Waals surface area (Å²) in [5.74, 6) is -2.97. The second-order valence-electron chi connectivity index (χ2n) is 7.64. The Balaban J connectivity index is 2.18. The number of pyridine rings is 1. The third-order valence-electron chi connectivity index (χ3n) is 5.33. The molecule has 1 heterocycles. The summed E-state index contributed by atoms with van der Waals surface area (Å²) in [5.41, 5.74) is -2.39. The standard InChI is InChI=1S/C19H20F2IN3O7S/c1-24-16(25(18(29)30)15-3-2-10(22)6-12(15)20)14(7-13(21)17(24)28)23-33(31,32)19(4-5-19)8-11(27)9-26/h2-3,6-7,11,23,26-27H,4-5,8-9H2,1H3,(H,29,30). The summed E-state index contributed by atoms with van der Waals surface area (Å²) in [7, 11) is -3.34. The van der Waals surface area contributed by atoms with Crippen LogP contribution in [-0.4, -0.2) is 51.9 Å². The summed E-state index contributed by atoms with van der Waals surface area (Å²) in [6.07, 6.45) is -3.11. The van der Waals surface area contributed by atoms with Crippen LogP contribution >= 0.6 is 22.6 Å². The van der Waals surface area contributed by atoms with Gasteiger partial charge in [-0.25, -0.2) is 26.9 Å². The van der Waals surface area contributed by atoms with Gasteiger partial charge >= 0.3 is 6.09 Å². The predicted molar refractivity (Wildman–Crippen MR) is 123 cm³/mol. The lowest BCUT2D eigenvalue weighted by molar-refractivity contribution is 0.0858. The van der Waals surface area contributed by atoms with Gasteiger partial charge < -0.3 is 15.3 Å². The van der Waals surface area contributed by atoms with E-state index in [0.717, 1.165) is 19.2 Å². The van der Waals surface area contributed by atoms with Crippen LogP contribution in [0.3, 0.4) is 0 Å². The number of aliphatic hydroxyl groups is 2. The van der Waals surface area contributed by atoms with E-state index in [0.29, 0.717) is 19.1 Å². The molecule has 1 atom stereocenters. The minimum atomic E-state index is -4.35. The highest BCUT2D eigenvalue weighted by Gasteiger charge is 2.55. The van der Waals surface area contributed by atoms with Crippen LogP contribution in [0.1, 0.15) is 19.3 Å². The summed E-state index contributed by atoms with van der Waals surface area (Å²) < 4.78 is 56.7. The van der Waals surface area contributed by atoms with Crippen LogP contribution < -0.4 is 15.2 Å². The fourth-order valence-corrected chi connectivity index (χ4v) is 5.64. The first kappa shape index (κ1) is 25.3. The first-order valence-electron chi connectivity index (χ1n) is 9.52. The molecule has 180 valence electrons. The zero-order chi connectivity index (χ0) is 24.7. The summed E-state index contributed by atoms with van der Waals surface area (Å²) in [6.45, 7) is -0.671. The Labute approximate surface area is 200 Å². The minimum Gasteiger partial charge on any atom is -0.464 e. The number of rotatable bonds is 8. The maximum absolute atomic E-state index is 14.6. The van der Waals surface area contributed by atoms with Gasteiger partial charge in [0.2, 0.25) is 10.0 Å². The number of hydrogen-bond acceptors (Lipinski definition) is 6. The van der Waals surface area contributed by atoms with E-state index in [1.165, 1.54) is 6.07 Å². The number of amides is 1. The molecule has 1 unspecified atom stereocenters. The van der Waals surface area contributed by atoms with Crippen LogP contribution in [0.25, 0.3) is 0 Å². The molecule has 1 aromatic heterocycles. The Morgan fingerprint density at radius 1 is 1.30 bits per heavy atom. The van der Waals surface area contributed by atoms with Crippen LogP contribution in [0, 0.1) is 15.2 Å². The average Bonchev–Trinajstić information content (AvgIpc) is 3.51. The van der Waals surface area contributed by atoms with Gasteiger partial charge in [-0.05, 0) is 60.1 Å². The van der Waals surface area contributed by atoms with Crippen molar-refractivity contribution in [2.24, 2.45) is 7.05 Å². The Kier molecular flexibility index (Phi) is 7.02. The van der Waals surface area contributed by atoms with Crippen molar-refractivity contribution in [3.63, 3.8) is 0 Å². The van der Waals surface area contributed by atoms with E-state index in [9.17, 15) is 37.0 Å². The van der Waals surface area contributed by atoms with E-state index < -0.39 is 68.0 Å². The number of anilines is 3.